The molecule has 2 rings (SSSR count). The molecule has 0 aliphatic rings. The Hall–Kier alpha value is -2.45. The molecule has 0 aliphatic heterocycles. The van der Waals surface area contributed by atoms with E-state index in [1.165, 1.54) is 7.05 Å². The van der Waals surface area contributed by atoms with Gasteiger partial charge in [-0.3, -0.25) is 0 Å². The van der Waals surface area contributed by atoms with Crippen molar-refractivity contribution in [2.45, 2.75) is 6.18 Å². The molecular weight excluding hydrogens is 297 g/mol. The smallest absolute Gasteiger partial charge is 0.439 e. The molecule has 1 aromatic carbocycles. The first-order valence-electron chi connectivity index (χ1n) is 5.56. The number of anilines is 1. The second-order valence-corrected chi connectivity index (χ2v) is 3.87. The van der Waals surface area contributed by atoms with E-state index in [1.54, 1.807) is 0 Å². The minimum atomic E-state index is -4.78. The van der Waals surface area contributed by atoms with Gasteiger partial charge in [-0.1, -0.05) is 0 Å². The van der Waals surface area contributed by atoms with Crippen LogP contribution in [0.4, 0.5) is 27.8 Å². The number of aromatic nitrogens is 2. The van der Waals surface area contributed by atoms with Crippen LogP contribution in [-0.2, 0) is 6.18 Å². The molecule has 0 saturated carbocycles. The molecule has 0 bridgehead atoms. The number of nitrogens with one attached hydrogen (secondary N) is 1. The van der Waals surface area contributed by atoms with Gasteiger partial charge in [0.15, 0.2) is 0 Å². The van der Waals surface area contributed by atoms with E-state index in [0.29, 0.717) is 6.07 Å². The Bertz CT molecular complexity index is 640. The highest BCUT2D eigenvalue weighted by Crippen LogP contribution is 2.30. The SMILES string of the molecule is CNc1cc(Oc2cc(F)cc(F)c2)nc(C(F)(F)F)n1. The van der Waals surface area contributed by atoms with E-state index in [1.807, 2.05) is 0 Å². The van der Waals surface area contributed by atoms with E-state index in [9.17, 15) is 22.0 Å². The highest BCUT2D eigenvalue weighted by Gasteiger charge is 2.35. The largest absolute Gasteiger partial charge is 0.451 e. The van der Waals surface area contributed by atoms with Gasteiger partial charge in [-0.05, 0) is 0 Å². The first-order chi connectivity index (χ1) is 9.77. The maximum Gasteiger partial charge on any atom is 0.451 e. The van der Waals surface area contributed by atoms with Crippen LogP contribution in [0.3, 0.4) is 0 Å². The summed E-state index contributed by atoms with van der Waals surface area (Å²) in [7, 11) is 1.36. The second kappa shape index (κ2) is 5.51. The van der Waals surface area contributed by atoms with Crippen molar-refractivity contribution in [1.29, 1.82) is 0 Å². The lowest BCUT2D eigenvalue weighted by molar-refractivity contribution is -0.145. The topological polar surface area (TPSA) is 47.0 Å². The van der Waals surface area contributed by atoms with Gasteiger partial charge < -0.3 is 10.1 Å². The summed E-state index contributed by atoms with van der Waals surface area (Å²) in [6, 6.07) is 3.31. The van der Waals surface area contributed by atoms with Crippen LogP contribution in [0.25, 0.3) is 0 Å². The van der Waals surface area contributed by atoms with Gasteiger partial charge >= 0.3 is 6.18 Å². The number of alkyl halides is 3. The lowest BCUT2D eigenvalue weighted by Gasteiger charge is -2.10. The normalized spacial score (nSPS) is 11.3. The molecule has 9 heteroatoms. The van der Waals surface area contributed by atoms with Gasteiger partial charge in [0, 0.05) is 31.3 Å². The van der Waals surface area contributed by atoms with Crippen molar-refractivity contribution in [3.8, 4) is 11.6 Å². The van der Waals surface area contributed by atoms with Crippen molar-refractivity contribution in [3.05, 3.63) is 41.7 Å². The van der Waals surface area contributed by atoms with Gasteiger partial charge in [-0.15, -0.1) is 0 Å². The van der Waals surface area contributed by atoms with Crippen molar-refractivity contribution < 1.29 is 26.7 Å². The Labute approximate surface area is 115 Å². The summed E-state index contributed by atoms with van der Waals surface area (Å²) in [5.41, 5.74) is 0. The van der Waals surface area contributed by atoms with Crippen LogP contribution in [0.1, 0.15) is 5.82 Å². The van der Waals surface area contributed by atoms with Gasteiger partial charge in [0.05, 0.1) is 0 Å². The molecular formula is C12H8F5N3O. The second-order valence-electron chi connectivity index (χ2n) is 3.87. The molecule has 1 aromatic heterocycles. The van der Waals surface area contributed by atoms with Crippen LogP contribution >= 0.6 is 0 Å². The summed E-state index contributed by atoms with van der Waals surface area (Å²) < 4.78 is 68.8. The Morgan fingerprint density at radius 2 is 1.62 bits per heavy atom. The molecule has 0 unspecified atom stereocenters. The fourth-order valence-corrected chi connectivity index (χ4v) is 1.44. The molecule has 0 radical (unpaired) electrons. The molecule has 0 amide bonds. The highest BCUT2D eigenvalue weighted by atomic mass is 19.4. The zero-order valence-electron chi connectivity index (χ0n) is 10.5. The maximum atomic E-state index is 13.0. The molecule has 0 atom stereocenters. The van der Waals surface area contributed by atoms with Crippen molar-refractivity contribution >= 4 is 5.82 Å². The fourth-order valence-electron chi connectivity index (χ4n) is 1.44. The van der Waals surface area contributed by atoms with Crippen LogP contribution in [0, 0.1) is 11.6 Å². The number of nitrogens with zero attached hydrogens (tertiary/aromatic N) is 2. The van der Waals surface area contributed by atoms with Gasteiger partial charge in [-0.25, -0.2) is 13.8 Å². The lowest BCUT2D eigenvalue weighted by Crippen LogP contribution is -2.12. The fraction of sp³-hybridized carbons (Fsp3) is 0.167. The Balaban J connectivity index is 2.39. The average molecular weight is 305 g/mol. The van der Waals surface area contributed by atoms with Gasteiger partial charge in [-0.2, -0.15) is 18.2 Å². The maximum absolute atomic E-state index is 13.0. The Morgan fingerprint density at radius 3 is 2.14 bits per heavy atom. The summed E-state index contributed by atoms with van der Waals surface area (Å²) in [6.07, 6.45) is -4.78. The molecule has 0 aliphatic carbocycles. The molecule has 0 fully saturated rings. The molecule has 2 aromatic rings. The first kappa shape index (κ1) is 14.9. The summed E-state index contributed by atoms with van der Waals surface area (Å²) in [4.78, 5) is 6.39. The third-order valence-corrected chi connectivity index (χ3v) is 2.27. The number of ether oxygens (including phenoxy) is 1. The zero-order chi connectivity index (χ0) is 15.6. The molecule has 1 heterocycles. The van der Waals surface area contributed by atoms with Crippen LogP contribution in [-0.4, -0.2) is 17.0 Å². The third kappa shape index (κ3) is 3.77. The van der Waals surface area contributed by atoms with E-state index in [4.69, 9.17) is 4.74 Å². The van der Waals surface area contributed by atoms with E-state index in [2.05, 4.69) is 15.3 Å². The van der Waals surface area contributed by atoms with E-state index in [-0.39, 0.29) is 11.6 Å². The van der Waals surface area contributed by atoms with E-state index < -0.39 is 29.5 Å². The third-order valence-electron chi connectivity index (χ3n) is 2.27. The van der Waals surface area contributed by atoms with Gasteiger partial charge in [0.25, 0.3) is 0 Å². The monoisotopic (exact) mass is 305 g/mol. The summed E-state index contributed by atoms with van der Waals surface area (Å²) >= 11 is 0. The van der Waals surface area contributed by atoms with Crippen LogP contribution in [0.5, 0.6) is 11.6 Å². The molecule has 112 valence electrons. The highest BCUT2D eigenvalue weighted by molar-refractivity contribution is 5.40. The minimum absolute atomic E-state index is 0.149. The predicted molar refractivity (Wildman–Crippen MR) is 63.0 cm³/mol. The Kier molecular flexibility index (Phi) is 3.92. The van der Waals surface area contributed by atoms with Crippen molar-refractivity contribution in [3.63, 3.8) is 0 Å². The molecule has 0 spiro atoms. The molecule has 0 saturated heterocycles. The number of benzene rings is 1. The number of halogens is 5. The zero-order valence-corrected chi connectivity index (χ0v) is 10.5. The van der Waals surface area contributed by atoms with E-state index >= 15 is 0 Å². The van der Waals surface area contributed by atoms with Crippen LogP contribution in [0.2, 0.25) is 0 Å². The quantitative estimate of drug-likeness (QED) is 0.880. The van der Waals surface area contributed by atoms with Crippen molar-refractivity contribution in [2.24, 2.45) is 0 Å². The Morgan fingerprint density at radius 1 is 1.00 bits per heavy atom. The number of rotatable bonds is 3. The van der Waals surface area contributed by atoms with Crippen molar-refractivity contribution in [1.82, 2.24) is 9.97 Å². The molecule has 21 heavy (non-hydrogen) atoms. The van der Waals surface area contributed by atoms with E-state index in [0.717, 1.165) is 18.2 Å². The van der Waals surface area contributed by atoms with Gasteiger partial charge in [0.2, 0.25) is 11.7 Å². The number of hydrogen-bond acceptors (Lipinski definition) is 4. The summed E-state index contributed by atoms with van der Waals surface area (Å²) in [5, 5.41) is 2.41. The summed E-state index contributed by atoms with van der Waals surface area (Å²) in [6.45, 7) is 0. The van der Waals surface area contributed by atoms with Crippen LogP contribution < -0.4 is 10.1 Å². The van der Waals surface area contributed by atoms with Crippen molar-refractivity contribution in [2.75, 3.05) is 12.4 Å². The molecule has 1 N–H and O–H groups in total. The predicted octanol–water partition coefficient (Wildman–Crippen LogP) is 3.61. The van der Waals surface area contributed by atoms with Crippen LogP contribution in [0.15, 0.2) is 24.3 Å². The molecule has 4 nitrogen and oxygen atoms in total. The standard InChI is InChI=1S/C12H8F5N3O/c1-18-9-5-10(20-11(19-9)12(15,16)17)21-8-3-6(13)2-7(14)4-8/h2-5H,1H3,(H,18,19,20). The average Bonchev–Trinajstić information content (AvgIpc) is 2.36. The summed E-state index contributed by atoms with van der Waals surface area (Å²) in [5.74, 6) is -4.24. The lowest BCUT2D eigenvalue weighted by atomic mass is 10.3. The van der Waals surface area contributed by atoms with Gasteiger partial charge in [0.1, 0.15) is 23.2 Å². The minimum Gasteiger partial charge on any atom is -0.439 e. The number of hydrogen-bond donors (Lipinski definition) is 1. The first-order valence-corrected chi connectivity index (χ1v) is 5.56.